The van der Waals surface area contributed by atoms with Gasteiger partial charge in [-0.05, 0) is 68.8 Å². The first-order chi connectivity index (χ1) is 22.6. The van der Waals surface area contributed by atoms with Crippen LogP contribution in [0.4, 0.5) is 17.1 Å². The van der Waals surface area contributed by atoms with Gasteiger partial charge in [-0.25, -0.2) is 0 Å². The van der Waals surface area contributed by atoms with E-state index in [0.717, 1.165) is 11.4 Å². The normalized spacial score (nSPS) is 12.7. The fraction of sp³-hybridized carbons (Fsp3) is 0.0667. The van der Waals surface area contributed by atoms with E-state index in [-0.39, 0.29) is 5.41 Å². The summed E-state index contributed by atoms with van der Waals surface area (Å²) in [7, 11) is 0. The van der Waals surface area contributed by atoms with E-state index in [1.54, 1.807) is 0 Å². The van der Waals surface area contributed by atoms with Gasteiger partial charge in [0, 0.05) is 22.2 Å². The first kappa shape index (κ1) is 27.9. The van der Waals surface area contributed by atoms with E-state index in [9.17, 15) is 0 Å². The predicted octanol–water partition coefficient (Wildman–Crippen LogP) is 12.5. The highest BCUT2D eigenvalue weighted by Gasteiger charge is 2.38. The van der Waals surface area contributed by atoms with Crippen LogP contribution in [0.2, 0.25) is 0 Å². The molecule has 0 aromatic heterocycles. The summed E-state index contributed by atoms with van der Waals surface area (Å²) in [6, 6.07) is 63.8. The van der Waals surface area contributed by atoms with Gasteiger partial charge in [-0.1, -0.05) is 166 Å². The number of fused-ring (bicyclic) bond motifs is 3. The zero-order chi connectivity index (χ0) is 31.1. The van der Waals surface area contributed by atoms with E-state index in [2.05, 4.69) is 195 Å². The maximum absolute atomic E-state index is 2.49. The third-order valence-corrected chi connectivity index (χ3v) is 9.49. The average Bonchev–Trinajstić information content (AvgIpc) is 3.36. The topological polar surface area (TPSA) is 3.24 Å². The standard InChI is InChI=1S/C45H35N/c1-45(2)39-28-15-14-26-38(39)44-40(45)29-17-31-42(44)46(34-22-10-5-11-23-34)41-30-16-27-36(33-20-8-4-9-21-33)43(41)37-25-13-12-24-35(37)32-18-6-3-7-19-32/h3-31H,1-2H3. The molecule has 1 heteroatoms. The smallest absolute Gasteiger partial charge is 0.0546 e. The molecule has 0 radical (unpaired) electrons. The molecular weight excluding hydrogens is 555 g/mol. The van der Waals surface area contributed by atoms with Gasteiger partial charge < -0.3 is 4.90 Å². The lowest BCUT2D eigenvalue weighted by molar-refractivity contribution is 0.660. The van der Waals surface area contributed by atoms with Crippen LogP contribution in [0.1, 0.15) is 25.0 Å². The molecule has 46 heavy (non-hydrogen) atoms. The van der Waals surface area contributed by atoms with Gasteiger partial charge in [-0.3, -0.25) is 0 Å². The SMILES string of the molecule is CC1(C)c2ccccc2-c2c(N(c3ccccc3)c3cccc(-c4ccccc4)c3-c3ccccc3-c3ccccc3)cccc21. The molecule has 0 atom stereocenters. The number of rotatable bonds is 6. The summed E-state index contributed by atoms with van der Waals surface area (Å²) < 4.78 is 0. The van der Waals surface area contributed by atoms with Crippen LogP contribution in [-0.4, -0.2) is 0 Å². The lowest BCUT2D eigenvalue weighted by Crippen LogP contribution is -2.16. The molecule has 0 amide bonds. The molecule has 0 N–H and O–H groups in total. The Morgan fingerprint density at radius 1 is 0.348 bits per heavy atom. The highest BCUT2D eigenvalue weighted by atomic mass is 15.1. The van der Waals surface area contributed by atoms with Gasteiger partial charge in [0.2, 0.25) is 0 Å². The fourth-order valence-electron chi connectivity index (χ4n) is 7.34. The van der Waals surface area contributed by atoms with Gasteiger partial charge >= 0.3 is 0 Å². The maximum atomic E-state index is 2.49. The van der Waals surface area contributed by atoms with Crippen molar-refractivity contribution in [2.45, 2.75) is 19.3 Å². The molecule has 0 heterocycles. The zero-order valence-corrected chi connectivity index (χ0v) is 26.2. The van der Waals surface area contributed by atoms with Gasteiger partial charge in [0.25, 0.3) is 0 Å². The molecule has 0 saturated heterocycles. The molecule has 0 fully saturated rings. The summed E-state index contributed by atoms with van der Waals surface area (Å²) in [6.45, 7) is 4.71. The van der Waals surface area contributed by atoms with Crippen LogP contribution in [0.5, 0.6) is 0 Å². The molecule has 8 rings (SSSR count). The van der Waals surface area contributed by atoms with Crippen molar-refractivity contribution in [3.63, 3.8) is 0 Å². The van der Waals surface area contributed by atoms with Crippen LogP contribution >= 0.6 is 0 Å². The van der Waals surface area contributed by atoms with Crippen LogP contribution < -0.4 is 4.90 Å². The summed E-state index contributed by atoms with van der Waals surface area (Å²) in [5.41, 5.74) is 15.9. The van der Waals surface area contributed by atoms with Crippen molar-refractivity contribution < 1.29 is 0 Å². The first-order valence-corrected chi connectivity index (χ1v) is 16.0. The highest BCUT2D eigenvalue weighted by molar-refractivity contribution is 6.03. The predicted molar refractivity (Wildman–Crippen MR) is 195 cm³/mol. The molecule has 7 aromatic rings. The van der Waals surface area contributed by atoms with Crippen molar-refractivity contribution in [1.29, 1.82) is 0 Å². The Bertz CT molecular complexity index is 2160. The Hall–Kier alpha value is -5.66. The Morgan fingerprint density at radius 2 is 0.804 bits per heavy atom. The summed E-state index contributed by atoms with van der Waals surface area (Å²) >= 11 is 0. The number of benzene rings is 7. The monoisotopic (exact) mass is 589 g/mol. The molecule has 7 aromatic carbocycles. The minimum atomic E-state index is -0.0983. The lowest BCUT2D eigenvalue weighted by atomic mass is 9.82. The Balaban J connectivity index is 1.48. The second kappa shape index (κ2) is 11.4. The minimum Gasteiger partial charge on any atom is -0.309 e. The average molecular weight is 590 g/mol. The summed E-state index contributed by atoms with van der Waals surface area (Å²) in [4.78, 5) is 2.49. The van der Waals surface area contributed by atoms with E-state index >= 15 is 0 Å². The quantitative estimate of drug-likeness (QED) is 0.186. The minimum absolute atomic E-state index is 0.0983. The van der Waals surface area contributed by atoms with Crippen LogP contribution in [0.15, 0.2) is 176 Å². The van der Waals surface area contributed by atoms with Gasteiger partial charge in [0.15, 0.2) is 0 Å². The maximum Gasteiger partial charge on any atom is 0.0546 e. The Kier molecular flexibility index (Phi) is 6.88. The molecule has 0 unspecified atom stereocenters. The molecule has 0 saturated carbocycles. The largest absolute Gasteiger partial charge is 0.309 e. The number of hydrogen-bond acceptors (Lipinski definition) is 1. The third-order valence-electron chi connectivity index (χ3n) is 9.49. The number of hydrogen-bond donors (Lipinski definition) is 0. The van der Waals surface area contributed by atoms with Gasteiger partial charge in [0.1, 0.15) is 0 Å². The Labute approximate surface area is 272 Å². The van der Waals surface area contributed by atoms with Gasteiger partial charge in [0.05, 0.1) is 11.4 Å². The summed E-state index contributed by atoms with van der Waals surface area (Å²) in [5.74, 6) is 0. The van der Waals surface area contributed by atoms with Crippen molar-refractivity contribution in [2.24, 2.45) is 0 Å². The lowest BCUT2D eigenvalue weighted by Gasteiger charge is -2.32. The van der Waals surface area contributed by atoms with Crippen molar-refractivity contribution in [3.8, 4) is 44.5 Å². The zero-order valence-electron chi connectivity index (χ0n) is 26.2. The van der Waals surface area contributed by atoms with E-state index in [0.29, 0.717) is 0 Å². The molecule has 0 spiro atoms. The molecule has 1 aliphatic carbocycles. The van der Waals surface area contributed by atoms with Crippen LogP contribution in [0.3, 0.4) is 0 Å². The number of nitrogens with zero attached hydrogens (tertiary/aromatic N) is 1. The summed E-state index contributed by atoms with van der Waals surface area (Å²) in [6.07, 6.45) is 0. The summed E-state index contributed by atoms with van der Waals surface area (Å²) in [5, 5.41) is 0. The van der Waals surface area contributed by atoms with Crippen LogP contribution in [0, 0.1) is 0 Å². The van der Waals surface area contributed by atoms with Crippen molar-refractivity contribution >= 4 is 17.1 Å². The van der Waals surface area contributed by atoms with E-state index in [4.69, 9.17) is 0 Å². The first-order valence-electron chi connectivity index (χ1n) is 16.0. The van der Waals surface area contributed by atoms with Crippen molar-refractivity contribution in [3.05, 3.63) is 187 Å². The third kappa shape index (κ3) is 4.55. The Morgan fingerprint density at radius 3 is 1.48 bits per heavy atom. The van der Waals surface area contributed by atoms with Crippen LogP contribution in [0.25, 0.3) is 44.5 Å². The van der Waals surface area contributed by atoms with Crippen LogP contribution in [-0.2, 0) is 5.41 Å². The molecule has 220 valence electrons. The molecule has 0 bridgehead atoms. The van der Waals surface area contributed by atoms with E-state index < -0.39 is 0 Å². The molecule has 1 aliphatic rings. The second-order valence-electron chi connectivity index (χ2n) is 12.5. The number of para-hydroxylation sites is 1. The van der Waals surface area contributed by atoms with Gasteiger partial charge in [-0.15, -0.1) is 0 Å². The number of anilines is 3. The molecular formula is C45H35N. The van der Waals surface area contributed by atoms with Crippen molar-refractivity contribution in [1.82, 2.24) is 0 Å². The molecule has 1 nitrogen and oxygen atoms in total. The fourth-order valence-corrected chi connectivity index (χ4v) is 7.34. The van der Waals surface area contributed by atoms with Gasteiger partial charge in [-0.2, -0.15) is 0 Å². The van der Waals surface area contributed by atoms with E-state index in [1.807, 2.05) is 0 Å². The second-order valence-corrected chi connectivity index (χ2v) is 12.5. The van der Waals surface area contributed by atoms with Crippen molar-refractivity contribution in [2.75, 3.05) is 4.90 Å². The molecule has 0 aliphatic heterocycles. The highest BCUT2D eigenvalue weighted by Crippen LogP contribution is 2.55. The van der Waals surface area contributed by atoms with E-state index in [1.165, 1.54) is 61.3 Å².